The molecule has 1 aromatic carbocycles. The van der Waals surface area contributed by atoms with Crippen molar-refractivity contribution in [2.45, 2.75) is 32.2 Å². The van der Waals surface area contributed by atoms with Gasteiger partial charge in [-0.2, -0.15) is 0 Å². The smallest absolute Gasteiger partial charge is 0.307 e. The van der Waals surface area contributed by atoms with E-state index in [9.17, 15) is 9.18 Å². The Kier molecular flexibility index (Phi) is 5.38. The third kappa shape index (κ3) is 3.49. The Labute approximate surface area is 123 Å². The first kappa shape index (κ1) is 15.3. The summed E-state index contributed by atoms with van der Waals surface area (Å²) in [5.74, 6) is -0.737. The van der Waals surface area contributed by atoms with Crippen LogP contribution in [0.25, 0.3) is 0 Å². The Morgan fingerprint density at radius 1 is 1.45 bits per heavy atom. The molecule has 0 bridgehead atoms. The van der Waals surface area contributed by atoms with Crippen molar-refractivity contribution >= 4 is 17.6 Å². The molecule has 0 spiro atoms. The van der Waals surface area contributed by atoms with Crippen LogP contribution in [0.2, 0.25) is 5.02 Å². The van der Waals surface area contributed by atoms with E-state index in [0.717, 1.165) is 25.9 Å². The van der Waals surface area contributed by atoms with Crippen LogP contribution < -0.4 is 0 Å². The van der Waals surface area contributed by atoms with Crippen LogP contribution in [0.3, 0.4) is 0 Å². The summed E-state index contributed by atoms with van der Waals surface area (Å²) in [7, 11) is 0. The van der Waals surface area contributed by atoms with Gasteiger partial charge in [-0.25, -0.2) is 4.39 Å². The first-order valence-corrected chi connectivity index (χ1v) is 7.35. The van der Waals surface area contributed by atoms with E-state index in [1.54, 1.807) is 19.1 Å². The van der Waals surface area contributed by atoms with Gasteiger partial charge in [-0.05, 0) is 38.9 Å². The molecule has 1 saturated heterocycles. The molecule has 1 unspecified atom stereocenters. The SMILES string of the molecule is CCOC(=O)CC(c1cccc(Cl)c1F)N1CCCC1. The fourth-order valence-electron chi connectivity index (χ4n) is 2.64. The molecule has 2 rings (SSSR count). The maximum absolute atomic E-state index is 14.2. The van der Waals surface area contributed by atoms with Crippen LogP contribution in [0.5, 0.6) is 0 Å². The third-order valence-corrected chi connectivity index (χ3v) is 3.88. The van der Waals surface area contributed by atoms with Crippen molar-refractivity contribution in [3.05, 3.63) is 34.6 Å². The highest BCUT2D eigenvalue weighted by Crippen LogP contribution is 2.32. The van der Waals surface area contributed by atoms with Gasteiger partial charge in [0.05, 0.1) is 18.1 Å². The van der Waals surface area contributed by atoms with Crippen molar-refractivity contribution in [2.24, 2.45) is 0 Å². The first-order chi connectivity index (χ1) is 9.63. The Hall–Kier alpha value is -1.13. The Morgan fingerprint density at radius 2 is 2.15 bits per heavy atom. The largest absolute Gasteiger partial charge is 0.466 e. The first-order valence-electron chi connectivity index (χ1n) is 6.97. The number of nitrogens with zero attached hydrogens (tertiary/aromatic N) is 1. The van der Waals surface area contributed by atoms with Gasteiger partial charge in [-0.3, -0.25) is 9.69 Å². The summed E-state index contributed by atoms with van der Waals surface area (Å²) < 4.78 is 19.2. The number of ether oxygens (including phenoxy) is 1. The highest BCUT2D eigenvalue weighted by atomic mass is 35.5. The van der Waals surface area contributed by atoms with Crippen LogP contribution in [0, 0.1) is 5.82 Å². The number of likely N-dealkylation sites (tertiary alicyclic amines) is 1. The van der Waals surface area contributed by atoms with Gasteiger partial charge in [0.25, 0.3) is 0 Å². The number of carbonyl (C=O) groups is 1. The van der Waals surface area contributed by atoms with Crippen LogP contribution in [-0.2, 0) is 9.53 Å². The zero-order chi connectivity index (χ0) is 14.5. The second kappa shape index (κ2) is 7.04. The summed E-state index contributed by atoms with van der Waals surface area (Å²) in [5, 5.41) is 0.0931. The number of hydrogen-bond donors (Lipinski definition) is 0. The van der Waals surface area contributed by atoms with Gasteiger partial charge >= 0.3 is 5.97 Å². The molecule has 1 fully saturated rings. The van der Waals surface area contributed by atoms with Crippen LogP contribution >= 0.6 is 11.6 Å². The topological polar surface area (TPSA) is 29.5 Å². The van der Waals surface area contributed by atoms with E-state index in [4.69, 9.17) is 16.3 Å². The minimum atomic E-state index is -0.435. The second-order valence-electron chi connectivity index (χ2n) is 4.91. The fraction of sp³-hybridized carbons (Fsp3) is 0.533. The maximum Gasteiger partial charge on any atom is 0.307 e. The van der Waals surface area contributed by atoms with E-state index in [0.29, 0.717) is 12.2 Å². The van der Waals surface area contributed by atoms with Crippen LogP contribution in [0.1, 0.15) is 37.8 Å². The predicted molar refractivity (Wildman–Crippen MR) is 76.2 cm³/mol. The van der Waals surface area contributed by atoms with Gasteiger partial charge in [0.15, 0.2) is 0 Å². The van der Waals surface area contributed by atoms with Gasteiger partial charge in [0, 0.05) is 11.6 Å². The zero-order valence-electron chi connectivity index (χ0n) is 11.6. The molecule has 20 heavy (non-hydrogen) atoms. The normalized spacial score (nSPS) is 17.1. The Morgan fingerprint density at radius 3 is 2.80 bits per heavy atom. The summed E-state index contributed by atoms with van der Waals surface area (Å²) >= 11 is 5.85. The number of rotatable bonds is 5. The average molecular weight is 300 g/mol. The summed E-state index contributed by atoms with van der Waals surface area (Å²) in [6.45, 7) is 3.85. The minimum Gasteiger partial charge on any atom is -0.466 e. The molecule has 1 atom stereocenters. The van der Waals surface area contributed by atoms with E-state index in [-0.39, 0.29) is 23.5 Å². The van der Waals surface area contributed by atoms with Crippen molar-refractivity contribution in [2.75, 3.05) is 19.7 Å². The number of esters is 1. The minimum absolute atomic E-state index is 0.0931. The monoisotopic (exact) mass is 299 g/mol. The van der Waals surface area contributed by atoms with Crippen molar-refractivity contribution in [1.82, 2.24) is 4.90 Å². The molecule has 0 amide bonds. The van der Waals surface area contributed by atoms with Crippen molar-refractivity contribution in [1.29, 1.82) is 0 Å². The molecule has 5 heteroatoms. The quantitative estimate of drug-likeness (QED) is 0.779. The lowest BCUT2D eigenvalue weighted by Gasteiger charge is -2.27. The molecular formula is C15H19ClFNO2. The number of carbonyl (C=O) groups excluding carboxylic acids is 1. The lowest BCUT2D eigenvalue weighted by Crippen LogP contribution is -2.29. The second-order valence-corrected chi connectivity index (χ2v) is 5.32. The van der Waals surface area contributed by atoms with Crippen molar-refractivity contribution in [3.63, 3.8) is 0 Å². The molecule has 0 radical (unpaired) electrons. The van der Waals surface area contributed by atoms with Crippen molar-refractivity contribution < 1.29 is 13.9 Å². The standard InChI is InChI=1S/C15H19ClFNO2/c1-2-20-14(19)10-13(18-8-3-4-9-18)11-6-5-7-12(16)15(11)17/h5-7,13H,2-4,8-10H2,1H3. The molecule has 110 valence electrons. The van der Waals surface area contributed by atoms with E-state index in [1.807, 2.05) is 0 Å². The van der Waals surface area contributed by atoms with Gasteiger partial charge in [0.2, 0.25) is 0 Å². The molecule has 1 aliphatic rings. The summed E-state index contributed by atoms with van der Waals surface area (Å²) in [6, 6.07) is 4.64. The van der Waals surface area contributed by atoms with Crippen LogP contribution in [-0.4, -0.2) is 30.6 Å². The van der Waals surface area contributed by atoms with Crippen LogP contribution in [0.15, 0.2) is 18.2 Å². The lowest BCUT2D eigenvalue weighted by atomic mass is 10.0. The highest BCUT2D eigenvalue weighted by Gasteiger charge is 2.28. The summed E-state index contributed by atoms with van der Waals surface area (Å²) in [6.07, 6.45) is 2.30. The van der Waals surface area contributed by atoms with Crippen LogP contribution in [0.4, 0.5) is 4.39 Å². The van der Waals surface area contributed by atoms with E-state index in [1.165, 1.54) is 6.07 Å². The molecule has 3 nitrogen and oxygen atoms in total. The van der Waals surface area contributed by atoms with Gasteiger partial charge in [0.1, 0.15) is 5.82 Å². The zero-order valence-corrected chi connectivity index (χ0v) is 12.3. The molecule has 0 saturated carbocycles. The fourth-order valence-corrected chi connectivity index (χ4v) is 2.83. The number of benzene rings is 1. The van der Waals surface area contributed by atoms with Gasteiger partial charge in [-0.1, -0.05) is 23.7 Å². The van der Waals surface area contributed by atoms with E-state index in [2.05, 4.69) is 4.90 Å². The van der Waals surface area contributed by atoms with Gasteiger partial charge < -0.3 is 4.74 Å². The van der Waals surface area contributed by atoms with Crippen molar-refractivity contribution in [3.8, 4) is 0 Å². The highest BCUT2D eigenvalue weighted by molar-refractivity contribution is 6.30. The maximum atomic E-state index is 14.2. The molecule has 1 aromatic rings. The molecule has 0 aromatic heterocycles. The average Bonchev–Trinajstić information content (AvgIpc) is 2.94. The molecule has 1 aliphatic heterocycles. The number of halogens is 2. The molecule has 1 heterocycles. The summed E-state index contributed by atoms with van der Waals surface area (Å²) in [4.78, 5) is 13.9. The lowest BCUT2D eigenvalue weighted by molar-refractivity contribution is -0.144. The van der Waals surface area contributed by atoms with E-state index < -0.39 is 5.82 Å². The van der Waals surface area contributed by atoms with Gasteiger partial charge in [-0.15, -0.1) is 0 Å². The predicted octanol–water partition coefficient (Wildman–Crippen LogP) is 3.57. The Balaban J connectivity index is 2.25. The van der Waals surface area contributed by atoms with E-state index >= 15 is 0 Å². The number of hydrogen-bond acceptors (Lipinski definition) is 3. The Bertz CT molecular complexity index is 475. The molecule has 0 aliphatic carbocycles. The summed E-state index contributed by atoms with van der Waals surface area (Å²) in [5.41, 5.74) is 0.479. The molecular weight excluding hydrogens is 281 g/mol. The molecule has 0 N–H and O–H groups in total. The third-order valence-electron chi connectivity index (χ3n) is 3.59.